The van der Waals surface area contributed by atoms with Crippen molar-refractivity contribution in [3.05, 3.63) is 84.2 Å². The summed E-state index contributed by atoms with van der Waals surface area (Å²) in [5, 5.41) is 12.0. The molecule has 1 aromatic heterocycles. The predicted octanol–water partition coefficient (Wildman–Crippen LogP) is 5.42. The van der Waals surface area contributed by atoms with E-state index in [9.17, 15) is 0 Å². The van der Waals surface area contributed by atoms with Crippen LogP contribution in [0.1, 0.15) is 11.3 Å². The lowest BCUT2D eigenvalue weighted by molar-refractivity contribution is 1.04. The molecule has 0 spiro atoms. The summed E-state index contributed by atoms with van der Waals surface area (Å²) >= 11 is 0. The van der Waals surface area contributed by atoms with E-state index in [1.165, 1.54) is 5.56 Å². The molecule has 0 aliphatic rings. The number of benzene rings is 2. The van der Waals surface area contributed by atoms with Crippen molar-refractivity contribution < 1.29 is 0 Å². The topological polar surface area (TPSA) is 49.6 Å². The monoisotopic (exact) mass is 302 g/mol. The van der Waals surface area contributed by atoms with Crippen LogP contribution in [0, 0.1) is 6.92 Å². The zero-order valence-electron chi connectivity index (χ0n) is 13.0. The van der Waals surface area contributed by atoms with Crippen LogP contribution in [0.15, 0.2) is 83.2 Å². The number of aryl methyl sites for hydroxylation is 1. The number of aromatic nitrogens is 1. The highest BCUT2D eigenvalue weighted by Gasteiger charge is 2.01. The quantitative estimate of drug-likeness (QED) is 0.640. The fraction of sp³-hybridized carbons (Fsp3) is 0.105. The van der Waals surface area contributed by atoms with Crippen molar-refractivity contribution in [2.75, 3.05) is 5.32 Å². The van der Waals surface area contributed by atoms with Crippen molar-refractivity contribution in [3.63, 3.8) is 0 Å². The minimum atomic E-state index is 0.651. The predicted molar refractivity (Wildman–Crippen MR) is 93.4 cm³/mol. The normalized spacial score (nSPS) is 10.8. The number of hydrogen-bond donors (Lipinski definition) is 1. The molecule has 114 valence electrons. The standard InChI is InChI=1S/C19H18N4/c1-15-9-11-16(12-10-15)22-23-19-8-3-2-7-18(19)21-14-17-6-4-5-13-20-17/h2-13,21H,14H2,1H3. The molecule has 3 rings (SSSR count). The van der Waals surface area contributed by atoms with Gasteiger partial charge < -0.3 is 5.32 Å². The Kier molecular flexibility index (Phi) is 4.74. The number of para-hydroxylation sites is 1. The van der Waals surface area contributed by atoms with Crippen LogP contribution >= 0.6 is 0 Å². The molecule has 2 aromatic carbocycles. The molecule has 1 N–H and O–H groups in total. The molecule has 4 heteroatoms. The number of hydrogen-bond acceptors (Lipinski definition) is 4. The molecule has 23 heavy (non-hydrogen) atoms. The van der Waals surface area contributed by atoms with E-state index in [1.807, 2.05) is 66.7 Å². The summed E-state index contributed by atoms with van der Waals surface area (Å²) in [6.45, 7) is 2.70. The number of azo groups is 1. The summed E-state index contributed by atoms with van der Waals surface area (Å²) in [5.74, 6) is 0. The minimum absolute atomic E-state index is 0.651. The number of pyridine rings is 1. The highest BCUT2D eigenvalue weighted by atomic mass is 15.1. The average Bonchev–Trinajstić information content (AvgIpc) is 2.61. The Morgan fingerprint density at radius 1 is 0.870 bits per heavy atom. The SMILES string of the molecule is Cc1ccc(N=Nc2ccccc2NCc2ccccn2)cc1. The summed E-state index contributed by atoms with van der Waals surface area (Å²) in [5.41, 5.74) is 4.78. The maximum atomic E-state index is 4.36. The summed E-state index contributed by atoms with van der Waals surface area (Å²) in [6, 6.07) is 21.7. The molecule has 0 fully saturated rings. The second-order valence-electron chi connectivity index (χ2n) is 5.23. The van der Waals surface area contributed by atoms with Gasteiger partial charge in [-0.05, 0) is 43.3 Å². The Bertz CT molecular complexity index is 780. The molecule has 0 aliphatic heterocycles. The molecule has 0 unspecified atom stereocenters. The number of anilines is 1. The lowest BCUT2D eigenvalue weighted by Crippen LogP contribution is -2.01. The van der Waals surface area contributed by atoms with Gasteiger partial charge in [0.05, 0.1) is 23.6 Å². The van der Waals surface area contributed by atoms with Crippen molar-refractivity contribution >= 4 is 17.1 Å². The van der Waals surface area contributed by atoms with E-state index in [1.54, 1.807) is 6.20 Å². The smallest absolute Gasteiger partial charge is 0.109 e. The molecule has 0 amide bonds. The van der Waals surface area contributed by atoms with E-state index in [4.69, 9.17) is 0 Å². The fourth-order valence-electron chi connectivity index (χ4n) is 2.12. The van der Waals surface area contributed by atoms with Crippen molar-refractivity contribution in [1.82, 2.24) is 4.98 Å². The molecule has 0 saturated carbocycles. The van der Waals surface area contributed by atoms with E-state index in [-0.39, 0.29) is 0 Å². The van der Waals surface area contributed by atoms with Crippen molar-refractivity contribution in [2.24, 2.45) is 10.2 Å². The van der Waals surface area contributed by atoms with Gasteiger partial charge in [-0.1, -0.05) is 35.9 Å². The van der Waals surface area contributed by atoms with E-state index in [0.29, 0.717) is 6.54 Å². The van der Waals surface area contributed by atoms with Crippen LogP contribution in [0.3, 0.4) is 0 Å². The first-order valence-electron chi connectivity index (χ1n) is 7.52. The zero-order valence-corrected chi connectivity index (χ0v) is 13.0. The van der Waals surface area contributed by atoms with Gasteiger partial charge >= 0.3 is 0 Å². The Balaban J connectivity index is 1.73. The van der Waals surface area contributed by atoms with Crippen molar-refractivity contribution in [2.45, 2.75) is 13.5 Å². The number of nitrogens with one attached hydrogen (secondary N) is 1. The molecule has 3 aromatic rings. The Labute approximate surface area is 135 Å². The molecule has 0 aliphatic carbocycles. The summed E-state index contributed by atoms with van der Waals surface area (Å²) in [4.78, 5) is 4.31. The molecule has 1 heterocycles. The Morgan fingerprint density at radius 2 is 1.65 bits per heavy atom. The average molecular weight is 302 g/mol. The summed E-state index contributed by atoms with van der Waals surface area (Å²) in [7, 11) is 0. The largest absolute Gasteiger partial charge is 0.378 e. The second kappa shape index (κ2) is 7.31. The van der Waals surface area contributed by atoms with Gasteiger partial charge in [0.15, 0.2) is 0 Å². The van der Waals surface area contributed by atoms with E-state index in [0.717, 1.165) is 22.8 Å². The molecule has 0 radical (unpaired) electrons. The first-order chi connectivity index (χ1) is 11.3. The third kappa shape index (κ3) is 4.23. The lowest BCUT2D eigenvalue weighted by Gasteiger charge is -2.08. The molecule has 0 bridgehead atoms. The van der Waals surface area contributed by atoms with Crippen LogP contribution in [0.25, 0.3) is 0 Å². The van der Waals surface area contributed by atoms with Gasteiger partial charge in [0.2, 0.25) is 0 Å². The fourth-order valence-corrected chi connectivity index (χ4v) is 2.12. The number of rotatable bonds is 5. The van der Waals surface area contributed by atoms with E-state index >= 15 is 0 Å². The third-order valence-electron chi connectivity index (χ3n) is 3.40. The summed E-state index contributed by atoms with van der Waals surface area (Å²) < 4.78 is 0. The molecule has 0 saturated heterocycles. The van der Waals surface area contributed by atoms with Crippen molar-refractivity contribution in [1.29, 1.82) is 0 Å². The van der Waals surface area contributed by atoms with E-state index in [2.05, 4.69) is 27.5 Å². The van der Waals surface area contributed by atoms with Crippen LogP contribution in [-0.4, -0.2) is 4.98 Å². The van der Waals surface area contributed by atoms with Crippen LogP contribution in [0.2, 0.25) is 0 Å². The van der Waals surface area contributed by atoms with Gasteiger partial charge in [0.25, 0.3) is 0 Å². The molecule has 0 atom stereocenters. The number of nitrogens with zero attached hydrogens (tertiary/aromatic N) is 3. The van der Waals surface area contributed by atoms with Crippen molar-refractivity contribution in [3.8, 4) is 0 Å². The van der Waals surface area contributed by atoms with Gasteiger partial charge in [-0.15, -0.1) is 5.11 Å². The minimum Gasteiger partial charge on any atom is -0.378 e. The van der Waals surface area contributed by atoms with Crippen LogP contribution < -0.4 is 5.32 Å². The highest BCUT2D eigenvalue weighted by Crippen LogP contribution is 2.27. The lowest BCUT2D eigenvalue weighted by atomic mass is 10.2. The van der Waals surface area contributed by atoms with Gasteiger partial charge in [0.1, 0.15) is 5.69 Å². The van der Waals surface area contributed by atoms with Gasteiger partial charge in [0, 0.05) is 6.20 Å². The molecular formula is C19H18N4. The first kappa shape index (κ1) is 14.9. The van der Waals surface area contributed by atoms with E-state index < -0.39 is 0 Å². The molecule has 4 nitrogen and oxygen atoms in total. The third-order valence-corrected chi connectivity index (χ3v) is 3.40. The first-order valence-corrected chi connectivity index (χ1v) is 7.52. The van der Waals surface area contributed by atoms with Gasteiger partial charge in [-0.3, -0.25) is 4.98 Å². The van der Waals surface area contributed by atoms with Crippen LogP contribution in [0.5, 0.6) is 0 Å². The van der Waals surface area contributed by atoms with Gasteiger partial charge in [-0.25, -0.2) is 0 Å². The zero-order chi connectivity index (χ0) is 15.9. The Hall–Kier alpha value is -3.01. The summed E-state index contributed by atoms with van der Waals surface area (Å²) in [6.07, 6.45) is 1.79. The molecular weight excluding hydrogens is 284 g/mol. The van der Waals surface area contributed by atoms with Gasteiger partial charge in [-0.2, -0.15) is 5.11 Å². The van der Waals surface area contributed by atoms with Crippen LogP contribution in [0.4, 0.5) is 17.1 Å². The Morgan fingerprint density at radius 3 is 2.43 bits per heavy atom. The van der Waals surface area contributed by atoms with Crippen LogP contribution in [-0.2, 0) is 6.54 Å². The maximum Gasteiger partial charge on any atom is 0.109 e. The maximum absolute atomic E-state index is 4.36. The second-order valence-corrected chi connectivity index (χ2v) is 5.23. The highest BCUT2D eigenvalue weighted by molar-refractivity contribution is 5.65.